The summed E-state index contributed by atoms with van der Waals surface area (Å²) in [4.78, 5) is 11.0. The Labute approximate surface area is 68.6 Å². The third-order valence-electron chi connectivity index (χ3n) is 1.21. The second-order valence-electron chi connectivity index (χ2n) is 2.15. The molecule has 0 atom stereocenters. The molecule has 0 saturated carbocycles. The second kappa shape index (κ2) is 4.15. The third-order valence-corrected chi connectivity index (χ3v) is 1.76. The van der Waals surface area contributed by atoms with Crippen LogP contribution in [-0.2, 0) is 11.2 Å². The highest BCUT2D eigenvalue weighted by atomic mass is 32.1. The van der Waals surface area contributed by atoms with Gasteiger partial charge in [-0.15, -0.1) is 5.10 Å². The SMILES string of the molecule is NCCC(=O)Cc1csnn1. The van der Waals surface area contributed by atoms with Gasteiger partial charge in [-0.1, -0.05) is 4.49 Å². The number of rotatable bonds is 4. The molecule has 1 aromatic heterocycles. The molecule has 60 valence electrons. The molecule has 0 aromatic carbocycles. The van der Waals surface area contributed by atoms with E-state index < -0.39 is 0 Å². The average molecular weight is 171 g/mol. The van der Waals surface area contributed by atoms with Crippen LogP contribution in [0.25, 0.3) is 0 Å². The first kappa shape index (κ1) is 8.29. The summed E-state index contributed by atoms with van der Waals surface area (Å²) in [5.74, 6) is 0.125. The molecule has 0 unspecified atom stereocenters. The van der Waals surface area contributed by atoms with Crippen molar-refractivity contribution in [2.45, 2.75) is 12.8 Å². The van der Waals surface area contributed by atoms with Crippen LogP contribution in [0.3, 0.4) is 0 Å². The third kappa shape index (κ3) is 2.73. The van der Waals surface area contributed by atoms with Crippen molar-refractivity contribution in [3.05, 3.63) is 11.1 Å². The number of nitrogens with zero attached hydrogens (tertiary/aromatic N) is 2. The molecule has 0 fully saturated rings. The summed E-state index contributed by atoms with van der Waals surface area (Å²) in [6, 6.07) is 0. The van der Waals surface area contributed by atoms with E-state index >= 15 is 0 Å². The van der Waals surface area contributed by atoms with Gasteiger partial charge in [-0.3, -0.25) is 4.79 Å². The molecule has 0 bridgehead atoms. The van der Waals surface area contributed by atoms with Gasteiger partial charge in [0.2, 0.25) is 0 Å². The topological polar surface area (TPSA) is 68.9 Å². The van der Waals surface area contributed by atoms with Gasteiger partial charge in [0.15, 0.2) is 0 Å². The van der Waals surface area contributed by atoms with Crippen LogP contribution in [0.2, 0.25) is 0 Å². The maximum atomic E-state index is 11.0. The number of hydrogen-bond donors (Lipinski definition) is 1. The molecular weight excluding hydrogens is 162 g/mol. The first-order chi connectivity index (χ1) is 5.33. The minimum absolute atomic E-state index is 0.125. The largest absolute Gasteiger partial charge is 0.330 e. The van der Waals surface area contributed by atoms with E-state index in [1.165, 1.54) is 11.5 Å². The Bertz CT molecular complexity index is 222. The quantitative estimate of drug-likeness (QED) is 0.692. The van der Waals surface area contributed by atoms with Crippen LogP contribution in [0.5, 0.6) is 0 Å². The Morgan fingerprint density at radius 1 is 1.73 bits per heavy atom. The van der Waals surface area contributed by atoms with Gasteiger partial charge >= 0.3 is 0 Å². The summed E-state index contributed by atoms with van der Waals surface area (Å²) in [6.07, 6.45) is 0.797. The fourth-order valence-electron chi connectivity index (χ4n) is 0.712. The van der Waals surface area contributed by atoms with Crippen molar-refractivity contribution in [2.75, 3.05) is 6.54 Å². The van der Waals surface area contributed by atoms with Crippen molar-refractivity contribution in [1.82, 2.24) is 9.59 Å². The number of aromatic nitrogens is 2. The fraction of sp³-hybridized carbons (Fsp3) is 0.500. The van der Waals surface area contributed by atoms with E-state index in [0.29, 0.717) is 19.4 Å². The van der Waals surface area contributed by atoms with Crippen molar-refractivity contribution in [2.24, 2.45) is 5.73 Å². The highest BCUT2D eigenvalue weighted by Crippen LogP contribution is 1.99. The highest BCUT2D eigenvalue weighted by molar-refractivity contribution is 7.03. The molecule has 11 heavy (non-hydrogen) atoms. The zero-order valence-electron chi connectivity index (χ0n) is 5.99. The molecule has 0 aliphatic rings. The summed E-state index contributed by atoms with van der Waals surface area (Å²) in [7, 11) is 0. The van der Waals surface area contributed by atoms with Gasteiger partial charge < -0.3 is 5.73 Å². The highest BCUT2D eigenvalue weighted by Gasteiger charge is 2.03. The monoisotopic (exact) mass is 171 g/mol. The molecule has 1 heterocycles. The predicted octanol–water partition coefficient (Wildman–Crippen LogP) is -0.00150. The molecule has 4 nitrogen and oxygen atoms in total. The van der Waals surface area contributed by atoms with Crippen LogP contribution in [0.1, 0.15) is 12.1 Å². The number of carbonyl (C=O) groups excluding carboxylic acids is 1. The molecule has 1 aromatic rings. The first-order valence-electron chi connectivity index (χ1n) is 3.30. The number of carbonyl (C=O) groups is 1. The summed E-state index contributed by atoms with van der Waals surface area (Å²) in [5, 5.41) is 5.52. The molecule has 0 aliphatic carbocycles. The Morgan fingerprint density at radius 3 is 3.09 bits per heavy atom. The van der Waals surface area contributed by atoms with Crippen LogP contribution < -0.4 is 5.73 Å². The normalized spacial score (nSPS) is 9.91. The van der Waals surface area contributed by atoms with E-state index in [9.17, 15) is 4.79 Å². The second-order valence-corrected chi connectivity index (χ2v) is 2.76. The van der Waals surface area contributed by atoms with Crippen molar-refractivity contribution in [3.63, 3.8) is 0 Å². The molecule has 1 rings (SSSR count). The van der Waals surface area contributed by atoms with Crippen molar-refractivity contribution in [1.29, 1.82) is 0 Å². The van der Waals surface area contributed by atoms with Gasteiger partial charge in [-0.25, -0.2) is 0 Å². The minimum Gasteiger partial charge on any atom is -0.330 e. The molecule has 0 saturated heterocycles. The Morgan fingerprint density at radius 2 is 2.55 bits per heavy atom. The summed E-state index contributed by atoms with van der Waals surface area (Å²) in [5.41, 5.74) is 5.95. The van der Waals surface area contributed by atoms with Gasteiger partial charge in [0, 0.05) is 11.8 Å². The van der Waals surface area contributed by atoms with Crippen molar-refractivity contribution < 1.29 is 4.79 Å². The molecule has 0 radical (unpaired) electrons. The number of hydrogen-bond acceptors (Lipinski definition) is 5. The zero-order chi connectivity index (χ0) is 8.10. The number of ketones is 1. The molecule has 5 heteroatoms. The van der Waals surface area contributed by atoms with Gasteiger partial charge in [0.1, 0.15) is 5.78 Å². The summed E-state index contributed by atoms with van der Waals surface area (Å²) < 4.78 is 3.64. The molecule has 0 spiro atoms. The van der Waals surface area contributed by atoms with E-state index in [0.717, 1.165) is 5.69 Å². The fourth-order valence-corrected chi connectivity index (χ4v) is 1.16. The number of nitrogens with two attached hydrogens (primary N) is 1. The smallest absolute Gasteiger partial charge is 0.140 e. The maximum Gasteiger partial charge on any atom is 0.140 e. The van der Waals surface area contributed by atoms with Gasteiger partial charge in [-0.05, 0) is 18.1 Å². The van der Waals surface area contributed by atoms with Crippen LogP contribution in [0.4, 0.5) is 0 Å². The number of Topliss-reactive ketones (excluding diaryl/α,β-unsaturated/α-hetero) is 1. The minimum atomic E-state index is 0.125. The summed E-state index contributed by atoms with van der Waals surface area (Å²) in [6.45, 7) is 0.413. The standard InChI is InChI=1S/C6H9N3OS/c7-2-1-6(10)3-5-4-11-9-8-5/h4H,1-3,7H2. The van der Waals surface area contributed by atoms with E-state index in [-0.39, 0.29) is 5.78 Å². The van der Waals surface area contributed by atoms with Gasteiger partial charge in [0.25, 0.3) is 0 Å². The van der Waals surface area contributed by atoms with Crippen molar-refractivity contribution in [3.8, 4) is 0 Å². The van der Waals surface area contributed by atoms with Crippen LogP contribution >= 0.6 is 11.5 Å². The van der Waals surface area contributed by atoms with Crippen LogP contribution in [0.15, 0.2) is 5.38 Å². The average Bonchev–Trinajstić information content (AvgIpc) is 2.40. The van der Waals surface area contributed by atoms with Crippen molar-refractivity contribution >= 4 is 17.3 Å². The van der Waals surface area contributed by atoms with E-state index in [2.05, 4.69) is 9.59 Å². The lowest BCUT2D eigenvalue weighted by Gasteiger charge is -1.92. The predicted molar refractivity (Wildman–Crippen MR) is 42.3 cm³/mol. The van der Waals surface area contributed by atoms with Crippen LogP contribution in [-0.4, -0.2) is 21.9 Å². The summed E-state index contributed by atoms with van der Waals surface area (Å²) >= 11 is 1.26. The first-order valence-corrected chi connectivity index (χ1v) is 4.14. The lowest BCUT2D eigenvalue weighted by Crippen LogP contribution is -2.10. The van der Waals surface area contributed by atoms with E-state index in [1.54, 1.807) is 5.38 Å². The Balaban J connectivity index is 2.37. The Kier molecular flexibility index (Phi) is 3.13. The lowest BCUT2D eigenvalue weighted by atomic mass is 10.2. The molecule has 0 amide bonds. The van der Waals surface area contributed by atoms with Gasteiger partial charge in [-0.2, -0.15) is 0 Å². The molecule has 2 N–H and O–H groups in total. The van der Waals surface area contributed by atoms with Crippen LogP contribution in [0, 0.1) is 0 Å². The van der Waals surface area contributed by atoms with Gasteiger partial charge in [0.05, 0.1) is 12.1 Å². The van der Waals surface area contributed by atoms with E-state index in [4.69, 9.17) is 5.73 Å². The lowest BCUT2D eigenvalue weighted by molar-refractivity contribution is -0.118. The van der Waals surface area contributed by atoms with E-state index in [1.807, 2.05) is 0 Å². The maximum absolute atomic E-state index is 11.0. The molecule has 0 aliphatic heterocycles. The Hall–Kier alpha value is -0.810. The zero-order valence-corrected chi connectivity index (χ0v) is 6.80. The molecular formula is C6H9N3OS.